The molecule has 7 heteroatoms. The summed E-state index contributed by atoms with van der Waals surface area (Å²) in [6, 6.07) is -0.369. The minimum Gasteiger partial charge on any atom is -0.481 e. The Labute approximate surface area is 110 Å². The van der Waals surface area contributed by atoms with Crippen LogP contribution in [0.1, 0.15) is 33.1 Å². The van der Waals surface area contributed by atoms with Crippen molar-refractivity contribution in [3.05, 3.63) is 0 Å². The number of rotatable bonds is 9. The van der Waals surface area contributed by atoms with Gasteiger partial charge in [-0.05, 0) is 19.8 Å². The first kappa shape index (κ1) is 16.9. The Bertz CT molecular complexity index is 297. The summed E-state index contributed by atoms with van der Waals surface area (Å²) >= 11 is 0. The van der Waals surface area contributed by atoms with Crippen molar-refractivity contribution in [2.45, 2.75) is 39.2 Å². The predicted molar refractivity (Wildman–Crippen MR) is 71.0 cm³/mol. The second kappa shape index (κ2) is 9.87. The van der Waals surface area contributed by atoms with E-state index in [9.17, 15) is 13.8 Å². The Morgan fingerprint density at radius 3 is 2.61 bits per heavy atom. The molecule has 0 aliphatic carbocycles. The van der Waals surface area contributed by atoms with Crippen molar-refractivity contribution in [2.75, 3.05) is 18.1 Å². The van der Waals surface area contributed by atoms with Crippen LogP contribution in [0, 0.1) is 0 Å². The molecule has 106 valence electrons. The van der Waals surface area contributed by atoms with Gasteiger partial charge in [0.2, 0.25) is 0 Å². The summed E-state index contributed by atoms with van der Waals surface area (Å²) in [5, 5.41) is 13.8. The average molecular weight is 278 g/mol. The minimum atomic E-state index is -0.874. The molecule has 0 fully saturated rings. The molecule has 0 rings (SSSR count). The molecule has 3 N–H and O–H groups in total. The summed E-state index contributed by atoms with van der Waals surface area (Å²) in [7, 11) is -0.874. The number of carbonyl (C=O) groups excluding carboxylic acids is 1. The molecule has 0 aliphatic heterocycles. The van der Waals surface area contributed by atoms with E-state index in [4.69, 9.17) is 5.11 Å². The maximum Gasteiger partial charge on any atom is 0.315 e. The molecule has 6 nitrogen and oxygen atoms in total. The highest BCUT2D eigenvalue weighted by atomic mass is 32.2. The van der Waals surface area contributed by atoms with E-state index in [1.165, 1.54) is 0 Å². The van der Waals surface area contributed by atoms with Gasteiger partial charge in [-0.25, -0.2) is 4.79 Å². The highest BCUT2D eigenvalue weighted by Crippen LogP contribution is 2.00. The molecule has 0 saturated carbocycles. The maximum atomic E-state index is 11.4. The lowest BCUT2D eigenvalue weighted by molar-refractivity contribution is -0.137. The van der Waals surface area contributed by atoms with E-state index in [1.807, 2.05) is 13.8 Å². The van der Waals surface area contributed by atoms with E-state index in [0.717, 1.165) is 0 Å². The zero-order valence-corrected chi connectivity index (χ0v) is 11.7. The third kappa shape index (κ3) is 10.1. The SMILES string of the molecule is CCS(=O)CCNC(=O)NC(C)CCCC(=O)O. The van der Waals surface area contributed by atoms with Gasteiger partial charge < -0.3 is 15.7 Å². The van der Waals surface area contributed by atoms with Gasteiger partial charge >= 0.3 is 12.0 Å². The molecule has 0 spiro atoms. The third-order valence-corrected chi connectivity index (χ3v) is 3.65. The summed E-state index contributed by atoms with van der Waals surface area (Å²) in [5.74, 6) is 0.223. The van der Waals surface area contributed by atoms with Crippen LogP contribution in [0.25, 0.3) is 0 Å². The van der Waals surface area contributed by atoms with E-state index in [0.29, 0.717) is 30.9 Å². The lowest BCUT2D eigenvalue weighted by Gasteiger charge is -2.13. The smallest absolute Gasteiger partial charge is 0.315 e. The minimum absolute atomic E-state index is 0.0685. The Balaban J connectivity index is 3.61. The van der Waals surface area contributed by atoms with Crippen molar-refractivity contribution in [2.24, 2.45) is 0 Å². The van der Waals surface area contributed by atoms with E-state index >= 15 is 0 Å². The largest absolute Gasteiger partial charge is 0.481 e. The lowest BCUT2D eigenvalue weighted by Crippen LogP contribution is -2.42. The van der Waals surface area contributed by atoms with Gasteiger partial charge in [0.05, 0.1) is 0 Å². The Hall–Kier alpha value is -1.11. The number of hydrogen-bond acceptors (Lipinski definition) is 3. The van der Waals surface area contributed by atoms with Crippen molar-refractivity contribution < 1.29 is 18.9 Å². The van der Waals surface area contributed by atoms with Gasteiger partial charge in [0.1, 0.15) is 0 Å². The second-order valence-corrected chi connectivity index (χ2v) is 5.89. The van der Waals surface area contributed by atoms with Crippen molar-refractivity contribution >= 4 is 22.8 Å². The third-order valence-electron chi connectivity index (χ3n) is 2.34. The maximum absolute atomic E-state index is 11.4. The number of carbonyl (C=O) groups is 2. The quantitative estimate of drug-likeness (QED) is 0.578. The molecule has 0 aromatic heterocycles. The summed E-state index contributed by atoms with van der Waals surface area (Å²) in [4.78, 5) is 21.7. The second-order valence-electron chi connectivity index (χ2n) is 4.02. The normalized spacial score (nSPS) is 13.7. The van der Waals surface area contributed by atoms with Crippen LogP contribution >= 0.6 is 0 Å². The Morgan fingerprint density at radius 2 is 2.06 bits per heavy atom. The number of aliphatic carboxylic acids is 1. The molecule has 0 radical (unpaired) electrons. The number of nitrogens with one attached hydrogen (secondary N) is 2. The first-order chi connectivity index (χ1) is 8.45. The van der Waals surface area contributed by atoms with Crippen LogP contribution < -0.4 is 10.6 Å². The molecule has 0 saturated heterocycles. The molecule has 0 aliphatic rings. The summed E-state index contributed by atoms with van der Waals surface area (Å²) in [5.41, 5.74) is 0. The topological polar surface area (TPSA) is 95.5 Å². The van der Waals surface area contributed by atoms with Crippen LogP contribution in [0.5, 0.6) is 0 Å². The summed E-state index contributed by atoms with van der Waals surface area (Å²) in [6.07, 6.45) is 1.28. The van der Waals surface area contributed by atoms with Crippen molar-refractivity contribution in [3.8, 4) is 0 Å². The first-order valence-corrected chi connectivity index (χ1v) is 7.55. The number of hydrogen-bond donors (Lipinski definition) is 3. The van der Waals surface area contributed by atoms with Crippen LogP contribution in [-0.4, -0.2) is 45.4 Å². The van der Waals surface area contributed by atoms with Gasteiger partial charge in [-0.1, -0.05) is 6.92 Å². The summed E-state index contributed by atoms with van der Waals surface area (Å²) < 4.78 is 11.1. The van der Waals surface area contributed by atoms with Crippen LogP contribution in [0.4, 0.5) is 4.79 Å². The molecular formula is C11H22N2O4S. The zero-order valence-electron chi connectivity index (χ0n) is 10.9. The van der Waals surface area contributed by atoms with Gasteiger partial charge in [0.25, 0.3) is 0 Å². The molecule has 0 aromatic rings. The fourth-order valence-corrected chi connectivity index (χ4v) is 1.95. The standard InChI is InChI=1S/C11H22N2O4S/c1-3-18(17)8-7-12-11(16)13-9(2)5-4-6-10(14)15/h9H,3-8H2,1-2H3,(H,14,15)(H2,12,13,16). The van der Waals surface area contributed by atoms with Gasteiger partial charge in [-0.3, -0.25) is 9.00 Å². The van der Waals surface area contributed by atoms with E-state index < -0.39 is 16.8 Å². The molecule has 0 bridgehead atoms. The monoisotopic (exact) mass is 278 g/mol. The fraction of sp³-hybridized carbons (Fsp3) is 0.818. The van der Waals surface area contributed by atoms with Crippen LogP contribution in [-0.2, 0) is 15.6 Å². The predicted octanol–water partition coefficient (Wildman–Crippen LogP) is 0.698. The van der Waals surface area contributed by atoms with Gasteiger partial charge in [0, 0.05) is 41.3 Å². The molecule has 2 amide bonds. The van der Waals surface area contributed by atoms with E-state index in [-0.39, 0.29) is 18.5 Å². The average Bonchev–Trinajstić information content (AvgIpc) is 2.28. The molecule has 2 unspecified atom stereocenters. The van der Waals surface area contributed by atoms with Crippen molar-refractivity contribution in [1.82, 2.24) is 10.6 Å². The number of carboxylic acids is 1. The number of urea groups is 1. The Morgan fingerprint density at radius 1 is 1.39 bits per heavy atom. The van der Waals surface area contributed by atoms with Crippen LogP contribution in [0.3, 0.4) is 0 Å². The van der Waals surface area contributed by atoms with E-state index in [1.54, 1.807) is 0 Å². The summed E-state index contributed by atoms with van der Waals surface area (Å²) in [6.45, 7) is 4.04. The van der Waals surface area contributed by atoms with Gasteiger partial charge in [-0.2, -0.15) is 0 Å². The molecule has 0 aromatic carbocycles. The van der Waals surface area contributed by atoms with Crippen LogP contribution in [0.2, 0.25) is 0 Å². The molecular weight excluding hydrogens is 256 g/mol. The molecule has 18 heavy (non-hydrogen) atoms. The number of carboxylic acid groups (broad SMARTS) is 1. The highest BCUT2D eigenvalue weighted by molar-refractivity contribution is 7.84. The van der Waals surface area contributed by atoms with Crippen molar-refractivity contribution in [1.29, 1.82) is 0 Å². The molecule has 2 atom stereocenters. The van der Waals surface area contributed by atoms with E-state index in [2.05, 4.69) is 10.6 Å². The number of amides is 2. The Kier molecular flexibility index (Phi) is 9.26. The fourth-order valence-electron chi connectivity index (χ4n) is 1.33. The van der Waals surface area contributed by atoms with Gasteiger partial charge in [-0.15, -0.1) is 0 Å². The zero-order chi connectivity index (χ0) is 14.0. The highest BCUT2D eigenvalue weighted by Gasteiger charge is 2.07. The van der Waals surface area contributed by atoms with Crippen LogP contribution in [0.15, 0.2) is 0 Å². The first-order valence-electron chi connectivity index (χ1n) is 6.06. The van der Waals surface area contributed by atoms with Gasteiger partial charge in [0.15, 0.2) is 0 Å². The lowest BCUT2D eigenvalue weighted by atomic mass is 10.1. The van der Waals surface area contributed by atoms with Crippen molar-refractivity contribution in [3.63, 3.8) is 0 Å². The molecule has 0 heterocycles.